The predicted molar refractivity (Wildman–Crippen MR) is 148 cm³/mol. The van der Waals surface area contributed by atoms with Gasteiger partial charge in [0.15, 0.2) is 0 Å². The number of anilines is 1. The normalized spacial score (nSPS) is 15.5. The first-order valence-electron chi connectivity index (χ1n) is 12.3. The van der Waals surface area contributed by atoms with Crippen LogP contribution in [-0.4, -0.2) is 51.4 Å². The van der Waals surface area contributed by atoms with Gasteiger partial charge in [-0.3, -0.25) is 9.59 Å². The van der Waals surface area contributed by atoms with Gasteiger partial charge in [0.2, 0.25) is 5.91 Å². The van der Waals surface area contributed by atoms with Crippen LogP contribution >= 0.6 is 23.2 Å². The van der Waals surface area contributed by atoms with E-state index in [2.05, 4.69) is 10.6 Å². The lowest BCUT2D eigenvalue weighted by Crippen LogP contribution is -2.49. The molecule has 0 radical (unpaired) electrons. The molecule has 0 aromatic heterocycles. The Morgan fingerprint density at radius 1 is 1.03 bits per heavy atom. The number of ether oxygens (including phenoxy) is 1. The molecule has 0 bridgehead atoms. The van der Waals surface area contributed by atoms with E-state index in [9.17, 15) is 22.8 Å². The third-order valence-electron chi connectivity index (χ3n) is 6.85. The van der Waals surface area contributed by atoms with E-state index in [4.69, 9.17) is 27.9 Å². The number of carbonyl (C=O) groups is 3. The van der Waals surface area contributed by atoms with Crippen LogP contribution in [0.2, 0.25) is 10.0 Å². The number of nitrogens with one attached hydrogen (secondary N) is 2. The molecule has 0 unspecified atom stereocenters. The summed E-state index contributed by atoms with van der Waals surface area (Å²) in [5.41, 5.74) is 0.729. The lowest BCUT2D eigenvalue weighted by Gasteiger charge is -2.30. The third kappa shape index (κ3) is 7.94. The highest BCUT2D eigenvalue weighted by molar-refractivity contribution is 7.90. The Hall–Kier alpha value is -2.62. The van der Waals surface area contributed by atoms with Crippen LogP contribution in [0.5, 0.6) is 0 Å². The average molecular weight is 584 g/mol. The number of carbonyl (C=O) groups excluding carboxylic acids is 3. The molecule has 8 nitrogen and oxygen atoms in total. The lowest BCUT2D eigenvalue weighted by molar-refractivity contribution is -0.146. The van der Waals surface area contributed by atoms with Crippen LogP contribution in [0.1, 0.15) is 54.4 Å². The predicted octanol–water partition coefficient (Wildman–Crippen LogP) is 4.83. The van der Waals surface area contributed by atoms with Gasteiger partial charge in [-0.2, -0.15) is 0 Å². The summed E-state index contributed by atoms with van der Waals surface area (Å²) in [6.07, 6.45) is 5.27. The molecule has 2 aromatic carbocycles. The van der Waals surface area contributed by atoms with Crippen LogP contribution in [0.4, 0.5) is 5.69 Å². The topological polar surface area (TPSA) is 119 Å². The van der Waals surface area contributed by atoms with Gasteiger partial charge < -0.3 is 15.4 Å². The molecule has 206 valence electrons. The number of rotatable bonds is 11. The van der Waals surface area contributed by atoms with Crippen molar-refractivity contribution in [1.29, 1.82) is 0 Å². The fraction of sp³-hybridized carbons (Fsp3) is 0.444. The van der Waals surface area contributed by atoms with Crippen LogP contribution in [0, 0.1) is 5.41 Å². The van der Waals surface area contributed by atoms with Crippen LogP contribution in [0.15, 0.2) is 42.5 Å². The van der Waals surface area contributed by atoms with Gasteiger partial charge in [0.1, 0.15) is 15.9 Å². The SMILES string of the molecule is COC(=O)[C@H](Cc1ccc(NC(=O)c2c(Cl)cccc2Cl)cc1)NC(=O)C1(CCCS(C)(=O)=O)CCCC1. The minimum absolute atomic E-state index is 0.0219. The number of benzene rings is 2. The Balaban J connectivity index is 1.68. The highest BCUT2D eigenvalue weighted by Gasteiger charge is 2.42. The largest absolute Gasteiger partial charge is 0.467 e. The van der Waals surface area contributed by atoms with Gasteiger partial charge in [0.05, 0.1) is 22.7 Å². The van der Waals surface area contributed by atoms with E-state index in [1.54, 1.807) is 42.5 Å². The van der Waals surface area contributed by atoms with Gasteiger partial charge in [-0.1, -0.05) is 54.2 Å². The number of esters is 1. The van der Waals surface area contributed by atoms with Crippen LogP contribution in [0.25, 0.3) is 0 Å². The van der Waals surface area contributed by atoms with E-state index in [1.165, 1.54) is 13.4 Å². The summed E-state index contributed by atoms with van der Waals surface area (Å²) in [5, 5.41) is 6.08. The monoisotopic (exact) mass is 582 g/mol. The van der Waals surface area contributed by atoms with Crippen molar-refractivity contribution in [3.05, 3.63) is 63.6 Å². The molecule has 11 heteroatoms. The Kier molecular flexibility index (Phi) is 10.2. The van der Waals surface area contributed by atoms with Gasteiger partial charge in [-0.15, -0.1) is 0 Å². The summed E-state index contributed by atoms with van der Waals surface area (Å²) in [4.78, 5) is 38.6. The molecule has 2 aromatic rings. The molecule has 2 N–H and O–H groups in total. The second kappa shape index (κ2) is 13.0. The van der Waals surface area contributed by atoms with Gasteiger partial charge in [-0.25, -0.2) is 13.2 Å². The van der Waals surface area contributed by atoms with Gasteiger partial charge in [-0.05, 0) is 55.5 Å². The van der Waals surface area contributed by atoms with E-state index in [-0.39, 0.29) is 33.7 Å². The highest BCUT2D eigenvalue weighted by atomic mass is 35.5. The Morgan fingerprint density at radius 2 is 1.63 bits per heavy atom. The van der Waals surface area contributed by atoms with Crippen molar-refractivity contribution in [2.45, 2.75) is 51.0 Å². The summed E-state index contributed by atoms with van der Waals surface area (Å²) < 4.78 is 28.1. The molecule has 0 saturated heterocycles. The second-order valence-corrected chi connectivity index (χ2v) is 12.8. The smallest absolute Gasteiger partial charge is 0.328 e. The molecule has 1 fully saturated rings. The molecule has 1 aliphatic rings. The fourth-order valence-corrected chi connectivity index (χ4v) is 6.07. The molecule has 1 saturated carbocycles. The minimum atomic E-state index is -3.13. The summed E-state index contributed by atoms with van der Waals surface area (Å²) in [7, 11) is -1.86. The molecule has 38 heavy (non-hydrogen) atoms. The van der Waals surface area contributed by atoms with E-state index in [0.717, 1.165) is 18.4 Å². The first-order valence-corrected chi connectivity index (χ1v) is 15.2. The molecule has 0 heterocycles. The number of amides is 2. The number of hydrogen-bond donors (Lipinski definition) is 2. The zero-order valence-corrected chi connectivity index (χ0v) is 23.7. The van der Waals surface area contributed by atoms with Crippen molar-refractivity contribution < 1.29 is 27.5 Å². The number of methoxy groups -OCH3 is 1. The summed E-state index contributed by atoms with van der Waals surface area (Å²) >= 11 is 12.2. The first-order chi connectivity index (χ1) is 17.9. The van der Waals surface area contributed by atoms with Crippen molar-refractivity contribution in [2.75, 3.05) is 24.4 Å². The lowest BCUT2D eigenvalue weighted by atomic mass is 9.80. The Labute approximate surface area is 233 Å². The van der Waals surface area contributed by atoms with E-state index >= 15 is 0 Å². The summed E-state index contributed by atoms with van der Waals surface area (Å²) in [5.74, 6) is -1.26. The number of sulfone groups is 1. The van der Waals surface area contributed by atoms with E-state index < -0.39 is 33.2 Å². The van der Waals surface area contributed by atoms with E-state index in [1.807, 2.05) is 0 Å². The standard InChI is InChI=1S/C27H32Cl2N2O6S/c1-37-25(33)22(31-26(34)27(13-3-4-14-27)15-6-16-38(2,35)36)17-18-9-11-19(12-10-18)30-24(32)23-20(28)7-5-8-21(23)29/h5,7-12,22H,3-4,6,13-17H2,1-2H3,(H,30,32)(H,31,34)/t22-/m0/s1. The number of halogens is 2. The number of hydrogen-bond acceptors (Lipinski definition) is 6. The minimum Gasteiger partial charge on any atom is -0.467 e. The van der Waals surface area contributed by atoms with E-state index in [0.29, 0.717) is 31.4 Å². The quantitative estimate of drug-likeness (QED) is 0.366. The summed E-state index contributed by atoms with van der Waals surface area (Å²) in [6.45, 7) is 0. The zero-order valence-electron chi connectivity index (χ0n) is 21.4. The molecular formula is C27H32Cl2N2O6S. The molecule has 1 aliphatic carbocycles. The van der Waals surface area contributed by atoms with Crippen LogP contribution < -0.4 is 10.6 Å². The Bertz CT molecular complexity index is 1250. The molecule has 0 aliphatic heterocycles. The Morgan fingerprint density at radius 3 is 2.18 bits per heavy atom. The summed E-state index contributed by atoms with van der Waals surface area (Å²) in [6, 6.07) is 10.7. The molecule has 1 atom stereocenters. The van der Waals surface area contributed by atoms with Gasteiger partial charge in [0, 0.05) is 29.5 Å². The maximum Gasteiger partial charge on any atom is 0.328 e. The van der Waals surface area contributed by atoms with Crippen molar-refractivity contribution in [1.82, 2.24) is 5.32 Å². The fourth-order valence-electron chi connectivity index (χ4n) is 4.83. The molecular weight excluding hydrogens is 551 g/mol. The average Bonchev–Trinajstić information content (AvgIpc) is 3.33. The second-order valence-electron chi connectivity index (χ2n) is 9.72. The van der Waals surface area contributed by atoms with Crippen molar-refractivity contribution in [2.24, 2.45) is 5.41 Å². The van der Waals surface area contributed by atoms with Crippen LogP contribution in [0.3, 0.4) is 0 Å². The first kappa shape index (κ1) is 29.9. The maximum atomic E-state index is 13.4. The van der Waals surface area contributed by atoms with Gasteiger partial charge >= 0.3 is 5.97 Å². The molecule has 2 amide bonds. The molecule has 3 rings (SSSR count). The van der Waals surface area contributed by atoms with Gasteiger partial charge in [0.25, 0.3) is 5.91 Å². The van der Waals surface area contributed by atoms with Crippen LogP contribution in [-0.2, 0) is 30.6 Å². The maximum absolute atomic E-state index is 13.4. The zero-order chi connectivity index (χ0) is 27.9. The highest BCUT2D eigenvalue weighted by Crippen LogP contribution is 2.42. The van der Waals surface area contributed by atoms with Crippen molar-refractivity contribution >= 4 is 56.5 Å². The third-order valence-corrected chi connectivity index (χ3v) is 8.51. The molecule has 0 spiro atoms. The van der Waals surface area contributed by atoms with Crippen molar-refractivity contribution in [3.8, 4) is 0 Å². The van der Waals surface area contributed by atoms with Crippen molar-refractivity contribution in [3.63, 3.8) is 0 Å².